The van der Waals surface area contributed by atoms with Crippen molar-refractivity contribution in [3.63, 3.8) is 0 Å². The number of aromatic nitrogens is 2. The van der Waals surface area contributed by atoms with Crippen molar-refractivity contribution in [1.82, 2.24) is 4.57 Å². The summed E-state index contributed by atoms with van der Waals surface area (Å²) < 4.78 is 18.1. The minimum Gasteiger partial charge on any atom is -1.00 e. The van der Waals surface area contributed by atoms with Crippen molar-refractivity contribution < 1.29 is 40.9 Å². The van der Waals surface area contributed by atoms with Gasteiger partial charge in [0.2, 0.25) is 0 Å². The van der Waals surface area contributed by atoms with Crippen LogP contribution >= 0.6 is 0 Å². The molecule has 0 aliphatic carbocycles. The summed E-state index contributed by atoms with van der Waals surface area (Å²) in [6, 6.07) is 2.65. The highest BCUT2D eigenvalue weighted by Crippen LogP contribution is 2.34. The molecule has 0 saturated heterocycles. The van der Waals surface area contributed by atoms with Gasteiger partial charge in [0.1, 0.15) is 19.0 Å². The first-order valence-corrected chi connectivity index (χ1v) is 6.56. The fourth-order valence-electron chi connectivity index (χ4n) is 1.97. The third-order valence-electron chi connectivity index (χ3n) is 3.11. The maximum Gasteiger partial charge on any atom is 0.511 e. The molecule has 0 unspecified atom stereocenters. The molecule has 10 heteroatoms. The Kier molecular flexibility index (Phi) is 6.54. The number of carbonyl (C=O) groups excluding carboxylic acids is 1. The summed E-state index contributed by atoms with van der Waals surface area (Å²) in [5.41, 5.74) is -0.00829. The molecule has 0 aliphatic rings. The van der Waals surface area contributed by atoms with Crippen LogP contribution in [0.5, 0.6) is 11.5 Å². The standard InChI is InChI=1S/C14H16N3O6.ClH/c1-15-4-5-16(9-15)14(18)23-8-10-6-12(21-2)13(22-3)7-11(10)17(19)20;/h4-7,9H,8H2,1-3H3;1H/q+1;/p-1. The Labute approximate surface area is 143 Å². The molecule has 2 aromatic rings. The van der Waals surface area contributed by atoms with Crippen molar-refractivity contribution in [3.05, 3.63) is 46.5 Å². The summed E-state index contributed by atoms with van der Waals surface area (Å²) in [6.07, 6.45) is 4.06. The molecule has 9 nitrogen and oxygen atoms in total. The van der Waals surface area contributed by atoms with Crippen LogP contribution in [-0.4, -0.2) is 29.8 Å². The Morgan fingerprint density at radius 2 is 1.92 bits per heavy atom. The van der Waals surface area contributed by atoms with Gasteiger partial charge in [-0.3, -0.25) is 10.1 Å². The van der Waals surface area contributed by atoms with Gasteiger partial charge in [0.05, 0.1) is 37.8 Å². The summed E-state index contributed by atoms with van der Waals surface area (Å²) in [6.45, 7) is -0.266. The average Bonchev–Trinajstić information content (AvgIpc) is 2.98. The van der Waals surface area contributed by atoms with Crippen LogP contribution < -0.4 is 26.4 Å². The van der Waals surface area contributed by atoms with E-state index < -0.39 is 11.0 Å². The molecule has 0 saturated carbocycles. The lowest BCUT2D eigenvalue weighted by Gasteiger charge is -2.10. The highest BCUT2D eigenvalue weighted by Gasteiger charge is 2.22. The number of ether oxygens (including phenoxy) is 3. The highest BCUT2D eigenvalue weighted by atomic mass is 35.5. The number of rotatable bonds is 5. The molecule has 1 heterocycles. The first-order chi connectivity index (χ1) is 11.0. The number of methoxy groups -OCH3 is 2. The maximum absolute atomic E-state index is 11.9. The van der Waals surface area contributed by atoms with E-state index in [-0.39, 0.29) is 36.0 Å². The summed E-state index contributed by atoms with van der Waals surface area (Å²) in [7, 11) is 4.55. The average molecular weight is 358 g/mol. The van der Waals surface area contributed by atoms with Crippen molar-refractivity contribution in [2.45, 2.75) is 6.61 Å². The van der Waals surface area contributed by atoms with Gasteiger partial charge in [0, 0.05) is 0 Å². The Hall–Kier alpha value is -2.81. The topological polar surface area (TPSA) is 96.7 Å². The predicted octanol–water partition coefficient (Wildman–Crippen LogP) is -1.57. The third-order valence-corrected chi connectivity index (χ3v) is 3.11. The van der Waals surface area contributed by atoms with Crippen LogP contribution in [0.2, 0.25) is 0 Å². The molecular formula is C14H16ClN3O6. The van der Waals surface area contributed by atoms with Gasteiger partial charge < -0.3 is 26.6 Å². The van der Waals surface area contributed by atoms with Crippen molar-refractivity contribution in [2.75, 3.05) is 14.2 Å². The van der Waals surface area contributed by atoms with Gasteiger partial charge in [-0.15, -0.1) is 4.57 Å². The van der Waals surface area contributed by atoms with E-state index in [4.69, 9.17) is 14.2 Å². The second-order valence-corrected chi connectivity index (χ2v) is 4.63. The number of imidazole rings is 1. The van der Waals surface area contributed by atoms with Gasteiger partial charge in [0.25, 0.3) is 12.0 Å². The number of carbonyl (C=O) groups is 1. The van der Waals surface area contributed by atoms with Crippen molar-refractivity contribution >= 4 is 11.8 Å². The van der Waals surface area contributed by atoms with E-state index >= 15 is 0 Å². The molecule has 0 amide bonds. The summed E-state index contributed by atoms with van der Waals surface area (Å²) in [4.78, 5) is 22.5. The second-order valence-electron chi connectivity index (χ2n) is 4.63. The lowest BCUT2D eigenvalue weighted by Crippen LogP contribution is -3.00. The number of nitro benzene ring substituents is 1. The zero-order valence-electron chi connectivity index (χ0n) is 13.3. The van der Waals surface area contributed by atoms with Crippen LogP contribution in [0.25, 0.3) is 0 Å². The van der Waals surface area contributed by atoms with Crippen molar-refractivity contribution in [2.24, 2.45) is 7.05 Å². The van der Waals surface area contributed by atoms with E-state index in [1.165, 1.54) is 43.4 Å². The zero-order valence-corrected chi connectivity index (χ0v) is 14.0. The van der Waals surface area contributed by atoms with Gasteiger partial charge in [-0.05, 0) is 6.07 Å². The van der Waals surface area contributed by atoms with Crippen LogP contribution in [0.3, 0.4) is 0 Å². The minimum atomic E-state index is -0.644. The monoisotopic (exact) mass is 357 g/mol. The van der Waals surface area contributed by atoms with Crippen LogP contribution in [0.4, 0.5) is 10.5 Å². The first kappa shape index (κ1) is 19.2. The molecule has 0 N–H and O–H groups in total. The molecule has 1 aromatic heterocycles. The fourth-order valence-corrected chi connectivity index (χ4v) is 1.97. The molecular weight excluding hydrogens is 342 g/mol. The first-order valence-electron chi connectivity index (χ1n) is 6.56. The zero-order chi connectivity index (χ0) is 17.0. The molecule has 2 rings (SSSR count). The number of hydrogen-bond donors (Lipinski definition) is 0. The fraction of sp³-hybridized carbons (Fsp3) is 0.286. The van der Waals surface area contributed by atoms with Gasteiger partial charge in [-0.25, -0.2) is 4.57 Å². The molecule has 0 aliphatic heterocycles. The lowest BCUT2D eigenvalue weighted by atomic mass is 10.1. The third kappa shape index (κ3) is 4.13. The van der Waals surface area contributed by atoms with E-state index in [0.717, 1.165) is 0 Å². The predicted molar refractivity (Wildman–Crippen MR) is 77.4 cm³/mol. The number of nitrogens with zero attached hydrogens (tertiary/aromatic N) is 3. The lowest BCUT2D eigenvalue weighted by molar-refractivity contribution is -0.670. The normalized spacial score (nSPS) is 9.79. The molecule has 0 spiro atoms. The Balaban J connectivity index is 0.00000288. The number of aryl methyl sites for hydroxylation is 1. The quantitative estimate of drug-likeness (QED) is 0.364. The smallest absolute Gasteiger partial charge is 0.511 e. The number of hydrogen-bond acceptors (Lipinski definition) is 6. The van der Waals surface area contributed by atoms with Crippen molar-refractivity contribution in [3.8, 4) is 11.5 Å². The van der Waals surface area contributed by atoms with Gasteiger partial charge in [-0.2, -0.15) is 4.79 Å². The highest BCUT2D eigenvalue weighted by molar-refractivity contribution is 5.70. The molecule has 0 fully saturated rings. The Bertz CT molecular complexity index is 746. The van der Waals surface area contributed by atoms with E-state index in [0.29, 0.717) is 5.75 Å². The molecule has 130 valence electrons. The molecule has 0 atom stereocenters. The van der Waals surface area contributed by atoms with E-state index in [9.17, 15) is 14.9 Å². The largest absolute Gasteiger partial charge is 1.00 e. The summed E-state index contributed by atoms with van der Waals surface area (Å²) >= 11 is 0. The van der Waals surface area contributed by atoms with E-state index in [2.05, 4.69) is 0 Å². The van der Waals surface area contributed by atoms with E-state index in [1.54, 1.807) is 17.8 Å². The summed E-state index contributed by atoms with van der Waals surface area (Å²) in [5, 5.41) is 11.2. The van der Waals surface area contributed by atoms with Gasteiger partial charge in [0.15, 0.2) is 11.5 Å². The molecule has 0 radical (unpaired) electrons. The minimum absolute atomic E-state index is 0. The summed E-state index contributed by atoms with van der Waals surface area (Å²) in [5.74, 6) is 0.545. The van der Waals surface area contributed by atoms with Crippen LogP contribution in [0, 0.1) is 10.1 Å². The second kappa shape index (κ2) is 8.16. The Morgan fingerprint density at radius 3 is 2.42 bits per heavy atom. The Morgan fingerprint density at radius 1 is 1.29 bits per heavy atom. The van der Waals surface area contributed by atoms with Crippen LogP contribution in [0.1, 0.15) is 5.56 Å². The van der Waals surface area contributed by atoms with Gasteiger partial charge >= 0.3 is 6.09 Å². The van der Waals surface area contributed by atoms with Crippen molar-refractivity contribution in [1.29, 1.82) is 0 Å². The molecule has 0 bridgehead atoms. The van der Waals surface area contributed by atoms with Crippen LogP contribution in [0.15, 0.2) is 30.9 Å². The van der Waals surface area contributed by atoms with Gasteiger partial charge in [-0.1, -0.05) is 0 Å². The maximum atomic E-state index is 11.9. The SMILES string of the molecule is COc1cc(COC(=O)n2cc[n+](C)c2)c([N+](=O)[O-])cc1OC.[Cl-]. The number of halogens is 1. The molecule has 1 aromatic carbocycles. The number of benzene rings is 1. The van der Waals surface area contributed by atoms with E-state index in [1.807, 2.05) is 0 Å². The molecule has 24 heavy (non-hydrogen) atoms. The number of nitro groups is 1. The van der Waals surface area contributed by atoms with Crippen LogP contribution in [-0.2, 0) is 18.4 Å².